The van der Waals surface area contributed by atoms with Crippen LogP contribution in [0.2, 0.25) is 0 Å². The van der Waals surface area contributed by atoms with Crippen molar-refractivity contribution in [2.45, 2.75) is 12.2 Å². The van der Waals surface area contributed by atoms with Crippen LogP contribution in [0.5, 0.6) is 0 Å². The predicted octanol–water partition coefficient (Wildman–Crippen LogP) is 1.13. The second-order valence-corrected chi connectivity index (χ2v) is 4.31. The first kappa shape index (κ1) is 11.4. The third kappa shape index (κ3) is 2.90. The van der Waals surface area contributed by atoms with Gasteiger partial charge in [0.15, 0.2) is 0 Å². The fraction of sp³-hybridized carbons (Fsp3) is 0.400. The van der Waals surface area contributed by atoms with Gasteiger partial charge < -0.3 is 9.87 Å². The molecule has 1 N–H and O–H groups in total. The minimum absolute atomic E-state index is 0.444. The third-order valence-corrected chi connectivity index (χ3v) is 2.97. The second-order valence-electron chi connectivity index (χ2n) is 3.22. The maximum absolute atomic E-state index is 10.9. The lowest BCUT2D eigenvalue weighted by atomic mass is 10.1. The van der Waals surface area contributed by atoms with Crippen molar-refractivity contribution < 1.29 is 8.76 Å². The van der Waals surface area contributed by atoms with Crippen LogP contribution in [0.25, 0.3) is 0 Å². The summed E-state index contributed by atoms with van der Waals surface area (Å²) in [6.45, 7) is 2.42. The van der Waals surface area contributed by atoms with Crippen molar-refractivity contribution in [3.63, 3.8) is 0 Å². The van der Waals surface area contributed by atoms with E-state index >= 15 is 0 Å². The van der Waals surface area contributed by atoms with E-state index in [1.54, 1.807) is 7.05 Å². The Morgan fingerprint density at radius 1 is 1.43 bits per heavy atom. The fourth-order valence-electron chi connectivity index (χ4n) is 1.26. The van der Waals surface area contributed by atoms with Gasteiger partial charge in [0.05, 0.1) is 5.25 Å². The first-order valence-electron chi connectivity index (χ1n) is 4.44. The van der Waals surface area contributed by atoms with Crippen LogP contribution < -0.4 is 5.32 Å². The highest BCUT2D eigenvalue weighted by Gasteiger charge is 2.10. The highest BCUT2D eigenvalue weighted by Crippen LogP contribution is 2.18. The first-order chi connectivity index (χ1) is 6.65. The van der Waals surface area contributed by atoms with Gasteiger partial charge >= 0.3 is 0 Å². The Balaban J connectivity index is 2.87. The highest BCUT2D eigenvalue weighted by atomic mass is 32.2. The maximum atomic E-state index is 10.9. The van der Waals surface area contributed by atoms with Gasteiger partial charge in [-0.15, -0.1) is 0 Å². The zero-order valence-corrected chi connectivity index (χ0v) is 9.14. The molecule has 14 heavy (non-hydrogen) atoms. The van der Waals surface area contributed by atoms with E-state index in [4.69, 9.17) is 0 Å². The van der Waals surface area contributed by atoms with Crippen LogP contribution in [0.15, 0.2) is 24.3 Å². The van der Waals surface area contributed by atoms with Crippen LogP contribution >= 0.6 is 0 Å². The highest BCUT2D eigenvalue weighted by molar-refractivity contribution is 7.79. The number of hydrogen-bond donors (Lipinski definition) is 1. The summed E-state index contributed by atoms with van der Waals surface area (Å²) in [7, 11) is 1.74. The lowest BCUT2D eigenvalue weighted by Crippen LogP contribution is -2.20. The molecule has 0 spiro atoms. The molecule has 0 amide bonds. The molecule has 0 saturated heterocycles. The standard InChI is InChI=1S/C10H15NO2S/c1-8-3-5-9(6-4-8)10(7-11-2)14(12)13/h3-6,10-11H,7H2,1-2H3,(H,12,13)/p-1. The summed E-state index contributed by atoms with van der Waals surface area (Å²) in [5.41, 5.74) is 1.96. The van der Waals surface area contributed by atoms with Gasteiger partial charge in [-0.2, -0.15) is 0 Å². The summed E-state index contributed by atoms with van der Waals surface area (Å²) in [6, 6.07) is 7.55. The smallest absolute Gasteiger partial charge is 0.0589 e. The van der Waals surface area contributed by atoms with E-state index in [1.165, 1.54) is 0 Å². The molecule has 3 nitrogen and oxygen atoms in total. The number of rotatable bonds is 4. The monoisotopic (exact) mass is 212 g/mol. The van der Waals surface area contributed by atoms with Crippen molar-refractivity contribution in [2.75, 3.05) is 13.6 Å². The summed E-state index contributed by atoms with van der Waals surface area (Å²) < 4.78 is 21.9. The van der Waals surface area contributed by atoms with E-state index in [2.05, 4.69) is 5.32 Å². The molecule has 4 heteroatoms. The number of aryl methyl sites for hydroxylation is 1. The molecule has 0 aliphatic heterocycles. The molecule has 2 atom stereocenters. The van der Waals surface area contributed by atoms with Crippen LogP contribution in [0.3, 0.4) is 0 Å². The molecule has 0 aliphatic rings. The van der Waals surface area contributed by atoms with Crippen LogP contribution in [0.4, 0.5) is 0 Å². The molecule has 0 fully saturated rings. The van der Waals surface area contributed by atoms with Crippen molar-refractivity contribution in [1.29, 1.82) is 0 Å². The Morgan fingerprint density at radius 2 is 2.00 bits per heavy atom. The SMILES string of the molecule is CNCC(c1ccc(C)cc1)S(=O)[O-]. The van der Waals surface area contributed by atoms with Crippen molar-refractivity contribution in [1.82, 2.24) is 5.32 Å². The molecule has 0 bridgehead atoms. The van der Waals surface area contributed by atoms with Crippen molar-refractivity contribution in [3.05, 3.63) is 35.4 Å². The molecule has 2 unspecified atom stereocenters. The molecule has 0 saturated carbocycles. The lowest BCUT2D eigenvalue weighted by molar-refractivity contribution is 0.520. The van der Waals surface area contributed by atoms with Crippen molar-refractivity contribution >= 4 is 11.1 Å². The zero-order valence-electron chi connectivity index (χ0n) is 8.32. The van der Waals surface area contributed by atoms with E-state index in [-0.39, 0.29) is 0 Å². The Bertz CT molecular complexity index is 310. The summed E-state index contributed by atoms with van der Waals surface area (Å²) in [4.78, 5) is 0. The van der Waals surface area contributed by atoms with E-state index < -0.39 is 16.3 Å². The van der Waals surface area contributed by atoms with Gasteiger partial charge in [-0.3, -0.25) is 4.21 Å². The quantitative estimate of drug-likeness (QED) is 0.761. The Hall–Kier alpha value is -0.710. The molecule has 0 heterocycles. The average molecular weight is 212 g/mol. The van der Waals surface area contributed by atoms with Crippen LogP contribution in [-0.4, -0.2) is 22.4 Å². The Morgan fingerprint density at radius 3 is 2.43 bits per heavy atom. The van der Waals surface area contributed by atoms with Crippen molar-refractivity contribution in [3.8, 4) is 0 Å². The molecule has 0 aliphatic carbocycles. The lowest BCUT2D eigenvalue weighted by Gasteiger charge is -2.19. The third-order valence-electron chi connectivity index (χ3n) is 2.07. The predicted molar refractivity (Wildman–Crippen MR) is 56.8 cm³/mol. The number of benzene rings is 1. The summed E-state index contributed by atoms with van der Waals surface area (Å²) >= 11 is -2.07. The normalized spacial score (nSPS) is 15.1. The molecular formula is C10H14NO2S-. The molecule has 1 aromatic carbocycles. The first-order valence-corrected chi connectivity index (χ1v) is 5.58. The van der Waals surface area contributed by atoms with E-state index in [9.17, 15) is 8.76 Å². The Labute approximate surface area is 86.8 Å². The van der Waals surface area contributed by atoms with Gasteiger partial charge in [0.1, 0.15) is 0 Å². The van der Waals surface area contributed by atoms with Gasteiger partial charge in [0.25, 0.3) is 0 Å². The molecular weight excluding hydrogens is 198 g/mol. The second kappa shape index (κ2) is 5.24. The zero-order chi connectivity index (χ0) is 10.6. The van der Waals surface area contributed by atoms with Crippen LogP contribution in [-0.2, 0) is 11.1 Å². The molecule has 78 valence electrons. The Kier molecular flexibility index (Phi) is 4.25. The van der Waals surface area contributed by atoms with E-state index in [1.807, 2.05) is 31.2 Å². The van der Waals surface area contributed by atoms with Crippen LogP contribution in [0.1, 0.15) is 16.4 Å². The van der Waals surface area contributed by atoms with Gasteiger partial charge in [-0.1, -0.05) is 29.8 Å². The topological polar surface area (TPSA) is 52.2 Å². The maximum Gasteiger partial charge on any atom is 0.0589 e. The summed E-state index contributed by atoms with van der Waals surface area (Å²) in [5, 5.41) is 2.41. The van der Waals surface area contributed by atoms with Crippen molar-refractivity contribution in [2.24, 2.45) is 0 Å². The van der Waals surface area contributed by atoms with Gasteiger partial charge in [0, 0.05) is 6.54 Å². The minimum atomic E-state index is -2.07. The number of likely N-dealkylation sites (N-methyl/N-ethyl adjacent to an activating group) is 1. The molecule has 0 radical (unpaired) electrons. The van der Waals surface area contributed by atoms with E-state index in [0.717, 1.165) is 11.1 Å². The number of nitrogens with one attached hydrogen (secondary N) is 1. The van der Waals surface area contributed by atoms with Crippen LogP contribution in [0, 0.1) is 6.92 Å². The van der Waals surface area contributed by atoms with Gasteiger partial charge in [-0.25, -0.2) is 0 Å². The van der Waals surface area contributed by atoms with E-state index in [0.29, 0.717) is 6.54 Å². The fourth-order valence-corrected chi connectivity index (χ4v) is 1.95. The largest absolute Gasteiger partial charge is 0.772 e. The molecule has 1 aromatic rings. The molecule has 1 rings (SSSR count). The summed E-state index contributed by atoms with van der Waals surface area (Å²) in [6.07, 6.45) is 0. The molecule has 0 aromatic heterocycles. The number of hydrogen-bond acceptors (Lipinski definition) is 3. The van der Waals surface area contributed by atoms with Gasteiger partial charge in [0.2, 0.25) is 0 Å². The average Bonchev–Trinajstić information content (AvgIpc) is 2.15. The van der Waals surface area contributed by atoms with Gasteiger partial charge in [-0.05, 0) is 30.6 Å². The minimum Gasteiger partial charge on any atom is -0.772 e. The summed E-state index contributed by atoms with van der Waals surface area (Å²) in [5.74, 6) is 0.